The van der Waals surface area contributed by atoms with Gasteiger partial charge in [0.25, 0.3) is 0 Å². The highest BCUT2D eigenvalue weighted by molar-refractivity contribution is 5.99. The molecule has 3 heterocycles. The van der Waals surface area contributed by atoms with Gasteiger partial charge < -0.3 is 79.5 Å². The number of hydrogen-bond acceptors (Lipinski definition) is 13. The van der Waals surface area contributed by atoms with Crippen LogP contribution in [0.5, 0.6) is 5.75 Å². The highest BCUT2D eigenvalue weighted by Crippen LogP contribution is 2.20. The fourth-order valence-corrected chi connectivity index (χ4v) is 9.02. The van der Waals surface area contributed by atoms with Gasteiger partial charge in [0.2, 0.25) is 53.2 Å². The maximum Gasteiger partial charge on any atom is 0.245 e. The molecule has 9 amide bonds. The van der Waals surface area contributed by atoms with Crippen molar-refractivity contribution in [1.29, 1.82) is 0 Å². The highest BCUT2D eigenvalue weighted by atomic mass is 16.3. The summed E-state index contributed by atoms with van der Waals surface area (Å²) < 4.78 is 0. The molecule has 1 aliphatic heterocycles. The van der Waals surface area contributed by atoms with Crippen LogP contribution in [0.4, 0.5) is 0 Å². The van der Waals surface area contributed by atoms with E-state index in [2.05, 4.69) is 67.8 Å². The van der Waals surface area contributed by atoms with Crippen molar-refractivity contribution in [3.8, 4) is 5.75 Å². The van der Waals surface area contributed by atoms with Gasteiger partial charge in [-0.05, 0) is 80.2 Å². The van der Waals surface area contributed by atoms with Crippen LogP contribution in [0.15, 0.2) is 72.2 Å². The molecule has 2 aromatic carbocycles. The van der Waals surface area contributed by atoms with Gasteiger partial charge in [-0.1, -0.05) is 58.0 Å². The minimum absolute atomic E-state index is 0.0716. The Morgan fingerprint density at radius 2 is 1.24 bits per heavy atom. The summed E-state index contributed by atoms with van der Waals surface area (Å²) in [6.07, 6.45) is 5.13. The Labute approximate surface area is 463 Å². The zero-order valence-electron chi connectivity index (χ0n) is 45.7. The number of nitrogens with one attached hydrogen (secondary N) is 11. The largest absolute Gasteiger partial charge is 0.508 e. The first kappa shape index (κ1) is 62.3. The van der Waals surface area contributed by atoms with Gasteiger partial charge in [-0.2, -0.15) is 0 Å². The number of benzene rings is 2. The number of aromatic hydroxyl groups is 1. The molecule has 0 bridgehead atoms. The topological polar surface area (TPSA) is 411 Å². The van der Waals surface area contributed by atoms with E-state index in [9.17, 15) is 53.4 Å². The number of aliphatic hydroxyl groups is 1. The van der Waals surface area contributed by atoms with Crippen LogP contribution in [0.3, 0.4) is 0 Å². The summed E-state index contributed by atoms with van der Waals surface area (Å²) in [5, 5.41) is 45.6. The number of amides is 9. The molecule has 1 saturated heterocycles. The van der Waals surface area contributed by atoms with Gasteiger partial charge >= 0.3 is 0 Å². The molecule has 17 N–H and O–H groups in total. The fraction of sp³-hybridized carbons (Fsp3) is 0.500. The van der Waals surface area contributed by atoms with E-state index in [1.165, 1.54) is 36.8 Å². The smallest absolute Gasteiger partial charge is 0.245 e. The number of guanidine groups is 1. The standard InChI is InChI=1S/C54H77N15O11/c1-6-58-46(73)37(12-9-19-59-54(55)56)63-48(75)39(20-29(2)3)64-49(76)40(21-30(4)5)65-50(77)41(22-31-13-15-34(71)16-14-31)66-53(80)44(27-70)69-51(78)42(23-32-25-60-36-11-8-7-10-35(32)36)67-52(79)43(24-33-26-57-28-61-33)68-47(74)38-17-18-45(72)62-38/h7-8,10-11,13-16,25-26,28-30,37-44,60,70-71H,6,9,12,17-24,27H2,1-5H3,(H,57,61)(H,58,73)(H,62,72)(H,63,75)(H,64,76)(H,65,77)(H,66,80)(H,67,79)(H,68,74)(H,69,78)(H4,55,56,59)/t37-,38-,39-,40+,41-,42-,43-,44-/m0/s1. The number of aromatic amines is 2. The van der Waals surface area contributed by atoms with Crippen LogP contribution >= 0.6 is 0 Å². The summed E-state index contributed by atoms with van der Waals surface area (Å²) in [7, 11) is 0. The lowest BCUT2D eigenvalue weighted by molar-refractivity contribution is -0.136. The molecule has 1 aliphatic rings. The van der Waals surface area contributed by atoms with Crippen LogP contribution in [-0.4, -0.2) is 152 Å². The number of nitrogens with zero attached hydrogens (tertiary/aromatic N) is 2. The predicted molar refractivity (Wildman–Crippen MR) is 295 cm³/mol. The minimum Gasteiger partial charge on any atom is -0.508 e. The molecule has 0 spiro atoms. The molecule has 4 aromatic rings. The lowest BCUT2D eigenvalue weighted by atomic mass is 9.98. The Morgan fingerprint density at radius 3 is 1.79 bits per heavy atom. The van der Waals surface area contributed by atoms with Crippen molar-refractivity contribution in [2.45, 2.75) is 141 Å². The van der Waals surface area contributed by atoms with Gasteiger partial charge in [0.05, 0.1) is 12.9 Å². The Bertz CT molecular complexity index is 2780. The van der Waals surface area contributed by atoms with Crippen molar-refractivity contribution >= 4 is 70.0 Å². The average Bonchev–Trinajstić information content (AvgIpc) is 4.20. The van der Waals surface area contributed by atoms with Crippen molar-refractivity contribution in [1.82, 2.24) is 62.8 Å². The van der Waals surface area contributed by atoms with Gasteiger partial charge in [-0.15, -0.1) is 0 Å². The summed E-state index contributed by atoms with van der Waals surface area (Å²) in [6, 6.07) is 2.73. The number of aromatic nitrogens is 3. The molecule has 434 valence electrons. The number of aliphatic hydroxyl groups excluding tert-OH is 1. The lowest BCUT2D eigenvalue weighted by Crippen LogP contribution is -2.61. The molecule has 80 heavy (non-hydrogen) atoms. The molecule has 1 fully saturated rings. The normalized spacial score (nSPS) is 15.7. The zero-order valence-corrected chi connectivity index (χ0v) is 45.7. The lowest BCUT2D eigenvalue weighted by Gasteiger charge is -2.28. The summed E-state index contributed by atoms with van der Waals surface area (Å²) in [5.74, 6) is -6.90. The first-order chi connectivity index (χ1) is 38.1. The van der Waals surface area contributed by atoms with Crippen LogP contribution in [0, 0.1) is 11.8 Å². The maximum atomic E-state index is 14.5. The number of imidazole rings is 1. The molecule has 0 radical (unpaired) electrons. The number of fused-ring (bicyclic) bond motifs is 1. The van der Waals surface area contributed by atoms with E-state index in [-0.39, 0.29) is 87.4 Å². The molecule has 0 aliphatic carbocycles. The number of phenols is 1. The van der Waals surface area contributed by atoms with E-state index < -0.39 is 102 Å². The third-order valence-corrected chi connectivity index (χ3v) is 13.1. The van der Waals surface area contributed by atoms with Crippen molar-refractivity contribution in [3.05, 3.63) is 84.1 Å². The first-order valence-electron chi connectivity index (χ1n) is 26.8. The van der Waals surface area contributed by atoms with E-state index in [0.29, 0.717) is 29.8 Å². The Morgan fingerprint density at radius 1 is 0.688 bits per heavy atom. The monoisotopic (exact) mass is 1110 g/mol. The van der Waals surface area contributed by atoms with E-state index in [1.807, 2.05) is 45.9 Å². The third-order valence-electron chi connectivity index (χ3n) is 13.1. The number of rotatable bonds is 31. The van der Waals surface area contributed by atoms with E-state index >= 15 is 0 Å². The summed E-state index contributed by atoms with van der Waals surface area (Å²) in [5.41, 5.74) is 13.2. The second kappa shape index (κ2) is 30.6. The number of carbonyl (C=O) groups is 9. The minimum atomic E-state index is -1.73. The second-order valence-corrected chi connectivity index (χ2v) is 20.6. The van der Waals surface area contributed by atoms with Crippen LogP contribution in [-0.2, 0) is 62.4 Å². The number of likely N-dealkylation sites (N-methyl/N-ethyl adjacent to an activating group) is 1. The van der Waals surface area contributed by atoms with Crippen LogP contribution in [0.25, 0.3) is 10.9 Å². The van der Waals surface area contributed by atoms with Gasteiger partial charge in [-0.25, -0.2) is 4.98 Å². The molecule has 8 atom stereocenters. The Hall–Kier alpha value is -8.55. The highest BCUT2D eigenvalue weighted by Gasteiger charge is 2.36. The van der Waals surface area contributed by atoms with Crippen LogP contribution < -0.4 is 59.3 Å². The molecule has 0 unspecified atom stereocenters. The molecule has 26 nitrogen and oxygen atoms in total. The predicted octanol–water partition coefficient (Wildman–Crippen LogP) is -1.43. The fourth-order valence-electron chi connectivity index (χ4n) is 9.02. The summed E-state index contributed by atoms with van der Waals surface area (Å²) >= 11 is 0. The van der Waals surface area contributed by atoms with E-state index in [0.717, 1.165) is 10.9 Å². The molecule has 2 aromatic heterocycles. The zero-order chi connectivity index (χ0) is 58.5. The number of para-hydroxylation sites is 1. The molecule has 0 saturated carbocycles. The average molecular weight is 1110 g/mol. The third kappa shape index (κ3) is 19.4. The van der Waals surface area contributed by atoms with Crippen LogP contribution in [0.2, 0.25) is 0 Å². The maximum absolute atomic E-state index is 14.5. The van der Waals surface area contributed by atoms with Gasteiger partial charge in [-0.3, -0.25) is 48.1 Å². The SMILES string of the molecule is CCNC(=O)[C@H](CCCN=C(N)N)NC(=O)[C@H](CC(C)C)NC(=O)[C@@H](CC(C)C)NC(=O)[C@H](Cc1ccc(O)cc1)NC(=O)[C@H](CO)NC(=O)[C@H](Cc1c[nH]c2ccccc12)NC(=O)[C@H](Cc1cnc[nH]1)NC(=O)[C@@H]1CCC(=O)N1. The van der Waals surface area contributed by atoms with E-state index in [4.69, 9.17) is 11.5 Å². The molecular formula is C54H77N15O11. The van der Waals surface area contributed by atoms with Crippen molar-refractivity contribution in [3.63, 3.8) is 0 Å². The number of H-pyrrole nitrogens is 2. The summed E-state index contributed by atoms with van der Waals surface area (Å²) in [4.78, 5) is 138. The number of aliphatic imine (C=N–C) groups is 1. The summed E-state index contributed by atoms with van der Waals surface area (Å²) in [6.45, 7) is 8.56. The quantitative estimate of drug-likeness (QED) is 0.0156. The first-order valence-corrected chi connectivity index (χ1v) is 26.8. The molecular weight excluding hydrogens is 1030 g/mol. The van der Waals surface area contributed by atoms with Gasteiger partial charge in [0.15, 0.2) is 5.96 Å². The van der Waals surface area contributed by atoms with Gasteiger partial charge in [0, 0.05) is 67.8 Å². The number of phenolic OH excluding ortho intramolecular Hbond substituents is 1. The van der Waals surface area contributed by atoms with E-state index in [1.54, 1.807) is 19.2 Å². The number of nitrogens with two attached hydrogens (primary N) is 2. The molecule has 5 rings (SSSR count). The van der Waals surface area contributed by atoms with Gasteiger partial charge in [0.1, 0.15) is 54.1 Å². The molecule has 26 heteroatoms. The van der Waals surface area contributed by atoms with Crippen LogP contribution in [0.1, 0.15) is 90.0 Å². The number of hydrogen-bond donors (Lipinski definition) is 15. The van der Waals surface area contributed by atoms with Crippen molar-refractivity contribution in [2.75, 3.05) is 19.7 Å². The van der Waals surface area contributed by atoms with Crippen molar-refractivity contribution < 1.29 is 53.4 Å². The Balaban J connectivity index is 1.38. The van der Waals surface area contributed by atoms with Crippen molar-refractivity contribution in [2.24, 2.45) is 28.3 Å². The number of carbonyl (C=O) groups excluding carboxylic acids is 9. The second-order valence-electron chi connectivity index (χ2n) is 20.6. The Kier molecular flexibility index (Phi) is 23.8.